The predicted molar refractivity (Wildman–Crippen MR) is 91.1 cm³/mol. The molecule has 1 aliphatic carbocycles. The van der Waals surface area contributed by atoms with E-state index in [-0.39, 0.29) is 0 Å². The molecule has 0 saturated heterocycles. The predicted octanol–water partition coefficient (Wildman–Crippen LogP) is 5.79. The topological polar surface area (TPSA) is 12.0 Å². The van der Waals surface area contributed by atoms with Gasteiger partial charge in [-0.15, -0.1) is 0 Å². The molecule has 1 rings (SSSR count). The number of rotatable bonds is 10. The molecule has 0 radical (unpaired) electrons. The van der Waals surface area contributed by atoms with Gasteiger partial charge >= 0.3 is 0 Å². The Bertz CT molecular complexity index is 226. The van der Waals surface area contributed by atoms with Crippen LogP contribution in [0.2, 0.25) is 0 Å². The molecule has 4 atom stereocenters. The molecule has 0 bridgehead atoms. The van der Waals surface area contributed by atoms with Crippen LogP contribution in [0.3, 0.4) is 0 Å². The average Bonchev–Trinajstić information content (AvgIpc) is 2.45. The van der Waals surface area contributed by atoms with Gasteiger partial charge in [-0.2, -0.15) is 0 Å². The minimum absolute atomic E-state index is 0.778. The summed E-state index contributed by atoms with van der Waals surface area (Å²) in [5, 5.41) is 3.62. The Morgan fingerprint density at radius 1 is 0.900 bits per heavy atom. The first-order valence-corrected chi connectivity index (χ1v) is 9.36. The van der Waals surface area contributed by atoms with Gasteiger partial charge in [-0.1, -0.05) is 72.1 Å². The second-order valence-electron chi connectivity index (χ2n) is 7.33. The van der Waals surface area contributed by atoms with Gasteiger partial charge in [0.25, 0.3) is 0 Å². The van der Waals surface area contributed by atoms with Crippen molar-refractivity contribution in [1.82, 2.24) is 5.32 Å². The summed E-state index contributed by atoms with van der Waals surface area (Å²) in [5.74, 6) is 2.81. The molecule has 20 heavy (non-hydrogen) atoms. The molecule has 0 aromatic heterocycles. The molecule has 0 aliphatic heterocycles. The SMILES string of the molecule is CCCCCCCCCC(NC)C1CCC(C)C(C)C1. The van der Waals surface area contributed by atoms with E-state index in [1.54, 1.807) is 0 Å². The summed E-state index contributed by atoms with van der Waals surface area (Å²) in [4.78, 5) is 0. The van der Waals surface area contributed by atoms with Crippen molar-refractivity contribution in [3.8, 4) is 0 Å². The van der Waals surface area contributed by atoms with Crippen LogP contribution in [0, 0.1) is 17.8 Å². The van der Waals surface area contributed by atoms with Crippen molar-refractivity contribution in [3.05, 3.63) is 0 Å². The third-order valence-corrected chi connectivity index (χ3v) is 5.70. The molecule has 0 aromatic carbocycles. The van der Waals surface area contributed by atoms with Crippen molar-refractivity contribution in [1.29, 1.82) is 0 Å². The summed E-state index contributed by atoms with van der Waals surface area (Å²) in [7, 11) is 2.18. The van der Waals surface area contributed by atoms with Crippen LogP contribution in [0.25, 0.3) is 0 Å². The summed E-state index contributed by atoms with van der Waals surface area (Å²) < 4.78 is 0. The smallest absolute Gasteiger partial charge is 0.00924 e. The van der Waals surface area contributed by atoms with E-state index in [0.29, 0.717) is 0 Å². The molecule has 4 unspecified atom stereocenters. The lowest BCUT2D eigenvalue weighted by molar-refractivity contribution is 0.168. The maximum absolute atomic E-state index is 3.62. The van der Waals surface area contributed by atoms with Crippen LogP contribution in [0.15, 0.2) is 0 Å². The van der Waals surface area contributed by atoms with E-state index in [2.05, 4.69) is 33.1 Å². The van der Waals surface area contributed by atoms with Gasteiger partial charge in [0.05, 0.1) is 0 Å². The van der Waals surface area contributed by atoms with E-state index in [0.717, 1.165) is 23.8 Å². The maximum atomic E-state index is 3.62. The molecule has 120 valence electrons. The Balaban J connectivity index is 2.13. The Morgan fingerprint density at radius 3 is 2.15 bits per heavy atom. The highest BCUT2D eigenvalue weighted by Gasteiger charge is 2.28. The third kappa shape index (κ3) is 6.61. The van der Waals surface area contributed by atoms with Crippen LogP contribution in [0.4, 0.5) is 0 Å². The highest BCUT2D eigenvalue weighted by atomic mass is 14.9. The highest BCUT2D eigenvalue weighted by Crippen LogP contribution is 2.36. The maximum Gasteiger partial charge on any atom is 0.00924 e. The molecule has 1 heteroatoms. The van der Waals surface area contributed by atoms with Gasteiger partial charge in [-0.25, -0.2) is 0 Å². The number of hydrogen-bond acceptors (Lipinski definition) is 1. The molecule has 0 heterocycles. The van der Waals surface area contributed by atoms with E-state index in [1.165, 1.54) is 70.6 Å². The third-order valence-electron chi connectivity index (χ3n) is 5.70. The zero-order valence-electron chi connectivity index (χ0n) is 14.6. The van der Waals surface area contributed by atoms with Gasteiger partial charge in [0.15, 0.2) is 0 Å². The van der Waals surface area contributed by atoms with Crippen LogP contribution in [-0.2, 0) is 0 Å². The van der Waals surface area contributed by atoms with E-state index >= 15 is 0 Å². The van der Waals surface area contributed by atoms with Gasteiger partial charge in [0.2, 0.25) is 0 Å². The number of nitrogens with one attached hydrogen (secondary N) is 1. The average molecular weight is 282 g/mol. The van der Waals surface area contributed by atoms with Crippen LogP contribution >= 0.6 is 0 Å². The monoisotopic (exact) mass is 281 g/mol. The molecule has 1 N–H and O–H groups in total. The second kappa shape index (κ2) is 10.7. The highest BCUT2D eigenvalue weighted by molar-refractivity contribution is 4.83. The van der Waals surface area contributed by atoms with Crippen molar-refractivity contribution in [2.45, 2.75) is 97.4 Å². The minimum atomic E-state index is 0.778. The largest absolute Gasteiger partial charge is 0.317 e. The fourth-order valence-electron chi connectivity index (χ4n) is 3.89. The molecule has 1 fully saturated rings. The van der Waals surface area contributed by atoms with Gasteiger partial charge in [-0.3, -0.25) is 0 Å². The van der Waals surface area contributed by atoms with E-state index in [4.69, 9.17) is 0 Å². The first-order valence-electron chi connectivity index (χ1n) is 9.36. The lowest BCUT2D eigenvalue weighted by Crippen LogP contribution is -2.37. The summed E-state index contributed by atoms with van der Waals surface area (Å²) >= 11 is 0. The number of unbranched alkanes of at least 4 members (excludes halogenated alkanes) is 6. The van der Waals surface area contributed by atoms with E-state index < -0.39 is 0 Å². The van der Waals surface area contributed by atoms with Crippen LogP contribution < -0.4 is 5.32 Å². The lowest BCUT2D eigenvalue weighted by Gasteiger charge is -2.36. The zero-order valence-corrected chi connectivity index (χ0v) is 14.6. The fourth-order valence-corrected chi connectivity index (χ4v) is 3.89. The van der Waals surface area contributed by atoms with Crippen molar-refractivity contribution >= 4 is 0 Å². The Morgan fingerprint density at radius 2 is 1.55 bits per heavy atom. The Hall–Kier alpha value is -0.0400. The fraction of sp³-hybridized carbons (Fsp3) is 1.00. The van der Waals surface area contributed by atoms with Crippen molar-refractivity contribution in [3.63, 3.8) is 0 Å². The summed E-state index contributed by atoms with van der Waals surface area (Å²) in [6.45, 7) is 7.19. The first kappa shape index (κ1) is 18.0. The second-order valence-corrected chi connectivity index (χ2v) is 7.33. The van der Waals surface area contributed by atoms with E-state index in [1.807, 2.05) is 0 Å². The Kier molecular flexibility index (Phi) is 9.59. The normalized spacial score (nSPS) is 28.5. The van der Waals surface area contributed by atoms with Crippen molar-refractivity contribution in [2.75, 3.05) is 7.05 Å². The quantitative estimate of drug-likeness (QED) is 0.500. The van der Waals surface area contributed by atoms with Crippen molar-refractivity contribution < 1.29 is 0 Å². The molecular formula is C19H39N. The number of hydrogen-bond donors (Lipinski definition) is 1. The van der Waals surface area contributed by atoms with E-state index in [9.17, 15) is 0 Å². The van der Waals surface area contributed by atoms with Gasteiger partial charge in [-0.05, 0) is 44.1 Å². The zero-order chi connectivity index (χ0) is 14.8. The molecule has 0 aromatic rings. The summed E-state index contributed by atoms with van der Waals surface area (Å²) in [6.07, 6.45) is 15.8. The van der Waals surface area contributed by atoms with Crippen molar-refractivity contribution in [2.24, 2.45) is 17.8 Å². The van der Waals surface area contributed by atoms with Crippen LogP contribution in [0.5, 0.6) is 0 Å². The summed E-state index contributed by atoms with van der Waals surface area (Å²) in [5.41, 5.74) is 0. The molecule has 0 spiro atoms. The molecule has 1 aliphatic rings. The van der Waals surface area contributed by atoms with Gasteiger partial charge in [0.1, 0.15) is 0 Å². The van der Waals surface area contributed by atoms with Crippen LogP contribution in [0.1, 0.15) is 91.4 Å². The molecule has 0 amide bonds. The minimum Gasteiger partial charge on any atom is -0.317 e. The standard InChI is InChI=1S/C19H39N/c1-5-6-7-8-9-10-11-12-19(20-4)18-14-13-16(2)17(3)15-18/h16-20H,5-15H2,1-4H3. The van der Waals surface area contributed by atoms with Crippen LogP contribution in [-0.4, -0.2) is 13.1 Å². The molecular weight excluding hydrogens is 242 g/mol. The lowest BCUT2D eigenvalue weighted by atomic mass is 9.72. The Labute approximate surface area is 128 Å². The van der Waals surface area contributed by atoms with Gasteiger partial charge < -0.3 is 5.32 Å². The molecule has 1 nitrogen and oxygen atoms in total. The first-order chi connectivity index (χ1) is 9.69. The van der Waals surface area contributed by atoms with Gasteiger partial charge in [0, 0.05) is 6.04 Å². The summed E-state index contributed by atoms with van der Waals surface area (Å²) in [6, 6.07) is 0.778. The molecule has 1 saturated carbocycles.